The van der Waals surface area contributed by atoms with Gasteiger partial charge in [0.05, 0.1) is 23.8 Å². The van der Waals surface area contributed by atoms with Gasteiger partial charge in [-0.1, -0.05) is 18.5 Å². The van der Waals surface area contributed by atoms with Crippen LogP contribution >= 0.6 is 11.6 Å². The minimum absolute atomic E-state index is 0.00195. The molecule has 0 aromatic heterocycles. The van der Waals surface area contributed by atoms with Crippen molar-refractivity contribution in [3.8, 4) is 0 Å². The van der Waals surface area contributed by atoms with Crippen molar-refractivity contribution < 1.29 is 17.9 Å². The summed E-state index contributed by atoms with van der Waals surface area (Å²) in [5, 5.41) is 2.70. The van der Waals surface area contributed by atoms with Crippen molar-refractivity contribution in [3.05, 3.63) is 28.8 Å². The Bertz CT molecular complexity index is 443. The van der Waals surface area contributed by atoms with Crippen LogP contribution in [0.1, 0.15) is 12.5 Å². The first-order valence-corrected chi connectivity index (χ1v) is 5.86. The van der Waals surface area contributed by atoms with Crippen LogP contribution in [0.5, 0.6) is 0 Å². The molecule has 1 saturated heterocycles. The number of nitrogens with one attached hydrogen (secondary N) is 1. The van der Waals surface area contributed by atoms with Crippen LogP contribution in [0, 0.1) is 5.41 Å². The predicted octanol–water partition coefficient (Wildman–Crippen LogP) is 3.81. The molecule has 0 amide bonds. The van der Waals surface area contributed by atoms with Crippen LogP contribution in [0.3, 0.4) is 0 Å². The van der Waals surface area contributed by atoms with Crippen molar-refractivity contribution >= 4 is 17.3 Å². The van der Waals surface area contributed by atoms with Crippen LogP contribution in [0.25, 0.3) is 0 Å². The van der Waals surface area contributed by atoms with Gasteiger partial charge in [0.1, 0.15) is 0 Å². The van der Waals surface area contributed by atoms with E-state index >= 15 is 0 Å². The molecule has 2 rings (SSSR count). The number of benzene rings is 1. The second kappa shape index (κ2) is 4.63. The average molecular weight is 280 g/mol. The topological polar surface area (TPSA) is 21.3 Å². The lowest BCUT2D eigenvalue weighted by atomic mass is 9.88. The van der Waals surface area contributed by atoms with Gasteiger partial charge in [-0.2, -0.15) is 13.2 Å². The van der Waals surface area contributed by atoms with E-state index in [1.165, 1.54) is 6.07 Å². The zero-order chi connectivity index (χ0) is 13.4. The van der Waals surface area contributed by atoms with Gasteiger partial charge in [-0.3, -0.25) is 0 Å². The number of alkyl halides is 3. The maximum atomic E-state index is 12.6. The Hall–Kier alpha value is -0.940. The Labute approximate surface area is 108 Å². The minimum atomic E-state index is -4.43. The first-order valence-electron chi connectivity index (χ1n) is 5.49. The monoisotopic (exact) mass is 279 g/mol. The molecule has 1 aromatic rings. The summed E-state index contributed by atoms with van der Waals surface area (Å²) < 4.78 is 43.0. The maximum absolute atomic E-state index is 12.6. The molecule has 1 aromatic carbocycles. The summed E-state index contributed by atoms with van der Waals surface area (Å²) >= 11 is 5.54. The number of hydrogen-bond donors (Lipinski definition) is 1. The van der Waals surface area contributed by atoms with E-state index in [1.54, 1.807) is 6.07 Å². The van der Waals surface area contributed by atoms with E-state index < -0.39 is 11.7 Å². The van der Waals surface area contributed by atoms with Gasteiger partial charge >= 0.3 is 6.18 Å². The SMILES string of the molecule is CC1(CNc2ccc(Cl)c(C(F)(F)F)c2)COC1. The quantitative estimate of drug-likeness (QED) is 0.908. The molecule has 1 aliphatic heterocycles. The highest BCUT2D eigenvalue weighted by molar-refractivity contribution is 6.31. The van der Waals surface area contributed by atoms with Crippen molar-refractivity contribution in [2.24, 2.45) is 5.41 Å². The molecule has 0 aliphatic carbocycles. The number of hydrogen-bond acceptors (Lipinski definition) is 2. The second-order valence-electron chi connectivity index (χ2n) is 4.85. The Kier molecular flexibility index (Phi) is 3.47. The van der Waals surface area contributed by atoms with Gasteiger partial charge in [0.25, 0.3) is 0 Å². The zero-order valence-corrected chi connectivity index (χ0v) is 10.5. The summed E-state index contributed by atoms with van der Waals surface area (Å²) in [6.07, 6.45) is -4.43. The standard InChI is InChI=1S/C12H13ClF3NO/c1-11(6-18-7-11)5-17-8-2-3-10(13)9(4-8)12(14,15)16/h2-4,17H,5-7H2,1H3. The Morgan fingerprint density at radius 3 is 2.56 bits per heavy atom. The molecule has 0 bridgehead atoms. The first kappa shape index (κ1) is 13.5. The van der Waals surface area contributed by atoms with E-state index in [4.69, 9.17) is 16.3 Å². The molecule has 0 atom stereocenters. The van der Waals surface area contributed by atoms with Gasteiger partial charge in [0.15, 0.2) is 0 Å². The van der Waals surface area contributed by atoms with Gasteiger partial charge in [-0.25, -0.2) is 0 Å². The lowest BCUT2D eigenvalue weighted by Gasteiger charge is -2.38. The van der Waals surface area contributed by atoms with Crippen molar-refractivity contribution in [1.29, 1.82) is 0 Å². The minimum Gasteiger partial charge on any atom is -0.384 e. The van der Waals surface area contributed by atoms with E-state index in [0.717, 1.165) is 6.07 Å². The van der Waals surface area contributed by atoms with E-state index in [-0.39, 0.29) is 10.4 Å². The fourth-order valence-corrected chi connectivity index (χ4v) is 1.95. The Balaban J connectivity index is 2.10. The molecule has 0 saturated carbocycles. The van der Waals surface area contributed by atoms with Crippen LogP contribution in [0.2, 0.25) is 5.02 Å². The molecule has 0 radical (unpaired) electrons. The van der Waals surface area contributed by atoms with Crippen LogP contribution < -0.4 is 5.32 Å². The van der Waals surface area contributed by atoms with Crippen molar-refractivity contribution in [1.82, 2.24) is 0 Å². The summed E-state index contributed by atoms with van der Waals surface area (Å²) in [7, 11) is 0. The summed E-state index contributed by atoms with van der Waals surface area (Å²) in [4.78, 5) is 0. The molecule has 0 spiro atoms. The second-order valence-corrected chi connectivity index (χ2v) is 5.26. The van der Waals surface area contributed by atoms with Crippen molar-refractivity contribution in [2.45, 2.75) is 13.1 Å². The smallest absolute Gasteiger partial charge is 0.384 e. The van der Waals surface area contributed by atoms with Gasteiger partial charge in [-0.15, -0.1) is 0 Å². The number of ether oxygens (including phenoxy) is 1. The van der Waals surface area contributed by atoms with Crippen LogP contribution in [-0.4, -0.2) is 19.8 Å². The summed E-state index contributed by atoms with van der Waals surface area (Å²) in [6.45, 7) is 3.84. The van der Waals surface area contributed by atoms with Crippen LogP contribution in [0.15, 0.2) is 18.2 Å². The summed E-state index contributed by atoms with van der Waals surface area (Å²) in [5.74, 6) is 0. The molecule has 1 N–H and O–H groups in total. The molecule has 100 valence electrons. The third kappa shape index (κ3) is 2.90. The number of halogens is 4. The lowest BCUT2D eigenvalue weighted by Crippen LogP contribution is -2.45. The van der Waals surface area contributed by atoms with Crippen molar-refractivity contribution in [2.75, 3.05) is 25.1 Å². The maximum Gasteiger partial charge on any atom is 0.417 e. The van der Waals surface area contributed by atoms with E-state index in [9.17, 15) is 13.2 Å². The molecule has 18 heavy (non-hydrogen) atoms. The van der Waals surface area contributed by atoms with E-state index in [1.807, 2.05) is 6.92 Å². The van der Waals surface area contributed by atoms with Gasteiger partial charge in [0.2, 0.25) is 0 Å². The lowest BCUT2D eigenvalue weighted by molar-refractivity contribution is -0.137. The molecule has 1 fully saturated rings. The zero-order valence-electron chi connectivity index (χ0n) is 9.77. The molecule has 6 heteroatoms. The molecule has 2 nitrogen and oxygen atoms in total. The highest BCUT2D eigenvalue weighted by atomic mass is 35.5. The predicted molar refractivity (Wildman–Crippen MR) is 63.9 cm³/mol. The number of rotatable bonds is 3. The third-order valence-corrected chi connectivity index (χ3v) is 3.22. The third-order valence-electron chi connectivity index (χ3n) is 2.89. The van der Waals surface area contributed by atoms with Gasteiger partial charge in [-0.05, 0) is 18.2 Å². The Morgan fingerprint density at radius 2 is 2.06 bits per heavy atom. The molecule has 0 unspecified atom stereocenters. The highest BCUT2D eigenvalue weighted by Crippen LogP contribution is 2.36. The molecular formula is C12H13ClF3NO. The first-order chi connectivity index (χ1) is 8.30. The van der Waals surface area contributed by atoms with E-state index in [2.05, 4.69) is 5.32 Å². The largest absolute Gasteiger partial charge is 0.417 e. The highest BCUT2D eigenvalue weighted by Gasteiger charge is 2.35. The summed E-state index contributed by atoms with van der Waals surface area (Å²) in [5.41, 5.74) is -0.401. The molecule has 1 aliphatic rings. The average Bonchev–Trinajstić information content (AvgIpc) is 2.24. The fourth-order valence-electron chi connectivity index (χ4n) is 1.72. The Morgan fingerprint density at radius 1 is 1.39 bits per heavy atom. The molecule has 1 heterocycles. The fraction of sp³-hybridized carbons (Fsp3) is 0.500. The van der Waals surface area contributed by atoms with Gasteiger partial charge < -0.3 is 10.1 Å². The van der Waals surface area contributed by atoms with Crippen molar-refractivity contribution in [3.63, 3.8) is 0 Å². The van der Waals surface area contributed by atoms with Gasteiger partial charge in [0, 0.05) is 17.6 Å². The summed E-state index contributed by atoms with van der Waals surface area (Å²) in [6, 6.07) is 3.83. The molecular weight excluding hydrogens is 267 g/mol. The van der Waals surface area contributed by atoms with Crippen LogP contribution in [-0.2, 0) is 10.9 Å². The van der Waals surface area contributed by atoms with Crippen LogP contribution in [0.4, 0.5) is 18.9 Å². The number of anilines is 1. The normalized spacial score (nSPS) is 18.3. The van der Waals surface area contributed by atoms with E-state index in [0.29, 0.717) is 25.4 Å².